The van der Waals surface area contributed by atoms with Gasteiger partial charge in [0.15, 0.2) is 5.78 Å². The Kier molecular flexibility index (Phi) is 7.42. The molecule has 5 aliphatic rings. The van der Waals surface area contributed by atoms with Crippen molar-refractivity contribution in [2.45, 2.75) is 75.3 Å². The Labute approximate surface area is 224 Å². The van der Waals surface area contributed by atoms with Crippen LogP contribution in [0.25, 0.3) is 0 Å². The van der Waals surface area contributed by atoms with E-state index in [1.807, 2.05) is 24.3 Å². The number of methoxy groups -OCH3 is 1. The zero-order valence-corrected chi connectivity index (χ0v) is 22.3. The lowest BCUT2D eigenvalue weighted by molar-refractivity contribution is -0.139. The standard InChI is InChI=1S/C29H40N4O5/c1-37-24-17-33(26-23(34)18-38-27(24)26)29(36)25(19-5-2-3-6-19)30-28(35)20-9-11-22(12-10-20)32-15-13-31(14-16-32)21-7-4-8-21/h9-12,19,21,24-27H,2-8,13-18H2,1H3,(H,30,35)/t24-,25-,26+,27+/m0/s1. The second-order valence-electron chi connectivity index (χ2n) is 11.6. The van der Waals surface area contributed by atoms with Crippen LogP contribution in [0, 0.1) is 5.92 Å². The smallest absolute Gasteiger partial charge is 0.251 e. The molecule has 2 amide bonds. The summed E-state index contributed by atoms with van der Waals surface area (Å²) in [5, 5.41) is 3.07. The lowest BCUT2D eigenvalue weighted by Gasteiger charge is -2.43. The highest BCUT2D eigenvalue weighted by molar-refractivity contribution is 5.99. The molecular formula is C29H40N4O5. The van der Waals surface area contributed by atoms with Gasteiger partial charge in [-0.3, -0.25) is 19.3 Å². The van der Waals surface area contributed by atoms with Crippen LogP contribution in [-0.2, 0) is 19.1 Å². The molecule has 3 saturated heterocycles. The molecule has 6 rings (SSSR count). The number of carbonyl (C=O) groups is 3. The van der Waals surface area contributed by atoms with E-state index in [0.717, 1.165) is 63.6 Å². The van der Waals surface area contributed by atoms with Gasteiger partial charge >= 0.3 is 0 Å². The lowest BCUT2D eigenvalue weighted by atomic mass is 9.91. The summed E-state index contributed by atoms with van der Waals surface area (Å²) in [6, 6.07) is 7.25. The van der Waals surface area contributed by atoms with Crippen LogP contribution in [0.15, 0.2) is 24.3 Å². The third-order valence-electron chi connectivity index (χ3n) is 9.55. The van der Waals surface area contributed by atoms with Crippen LogP contribution in [-0.4, -0.2) is 104 Å². The van der Waals surface area contributed by atoms with E-state index in [1.54, 1.807) is 12.0 Å². The lowest BCUT2D eigenvalue weighted by Crippen LogP contribution is -2.54. The number of ether oxygens (including phenoxy) is 2. The summed E-state index contributed by atoms with van der Waals surface area (Å²) in [5.74, 6) is -0.470. The molecule has 3 aliphatic heterocycles. The maximum Gasteiger partial charge on any atom is 0.251 e. The predicted molar refractivity (Wildman–Crippen MR) is 142 cm³/mol. The monoisotopic (exact) mass is 524 g/mol. The van der Waals surface area contributed by atoms with Gasteiger partial charge in [0, 0.05) is 50.6 Å². The number of likely N-dealkylation sites (tertiary alicyclic amines) is 1. The fourth-order valence-corrected chi connectivity index (χ4v) is 7.04. The SMILES string of the molecule is CO[C@H]1CN(C(=O)[C@@H](NC(=O)c2ccc(N3CCN(C4CCC4)CC3)cc2)C2CCCC2)[C@@H]2C(=O)CO[C@H]12. The third-order valence-corrected chi connectivity index (χ3v) is 9.55. The van der Waals surface area contributed by atoms with Crippen LogP contribution in [0.2, 0.25) is 0 Å². The number of fused-ring (bicyclic) bond motifs is 1. The normalized spacial score (nSPS) is 29.4. The third kappa shape index (κ3) is 4.84. The van der Waals surface area contributed by atoms with Gasteiger partial charge in [0.05, 0.1) is 6.54 Å². The molecule has 4 atom stereocenters. The summed E-state index contributed by atoms with van der Waals surface area (Å²) in [4.78, 5) is 46.4. The van der Waals surface area contributed by atoms with Crippen LogP contribution in [0.5, 0.6) is 0 Å². The number of hydrogen-bond donors (Lipinski definition) is 1. The number of hydrogen-bond acceptors (Lipinski definition) is 7. The summed E-state index contributed by atoms with van der Waals surface area (Å²) in [7, 11) is 1.58. The fourth-order valence-electron chi connectivity index (χ4n) is 7.04. The molecule has 0 spiro atoms. The van der Waals surface area contributed by atoms with Gasteiger partial charge < -0.3 is 24.6 Å². The van der Waals surface area contributed by atoms with Gasteiger partial charge in [0.25, 0.3) is 5.91 Å². The minimum Gasteiger partial charge on any atom is -0.377 e. The first kappa shape index (κ1) is 25.8. The van der Waals surface area contributed by atoms with E-state index in [0.29, 0.717) is 12.1 Å². The molecule has 5 fully saturated rings. The van der Waals surface area contributed by atoms with Crippen molar-refractivity contribution in [3.8, 4) is 0 Å². The van der Waals surface area contributed by atoms with Crippen molar-refractivity contribution in [3.05, 3.63) is 29.8 Å². The minimum atomic E-state index is -0.658. The molecule has 0 unspecified atom stereocenters. The Bertz CT molecular complexity index is 1030. The molecule has 206 valence electrons. The van der Waals surface area contributed by atoms with Crippen LogP contribution in [0.3, 0.4) is 0 Å². The number of anilines is 1. The van der Waals surface area contributed by atoms with Crippen molar-refractivity contribution in [3.63, 3.8) is 0 Å². The first-order chi connectivity index (χ1) is 18.5. The van der Waals surface area contributed by atoms with E-state index in [1.165, 1.54) is 19.3 Å². The van der Waals surface area contributed by atoms with Gasteiger partial charge in [0.1, 0.15) is 30.9 Å². The van der Waals surface area contributed by atoms with Crippen molar-refractivity contribution in [1.82, 2.24) is 15.1 Å². The maximum absolute atomic E-state index is 13.8. The molecule has 2 saturated carbocycles. The number of Topliss-reactive ketones (excluding diaryl/α,β-unsaturated/α-hetero) is 1. The highest BCUT2D eigenvalue weighted by Gasteiger charge is 2.54. The van der Waals surface area contributed by atoms with Gasteiger partial charge in [-0.2, -0.15) is 0 Å². The van der Waals surface area contributed by atoms with Crippen molar-refractivity contribution in [1.29, 1.82) is 0 Å². The first-order valence-corrected chi connectivity index (χ1v) is 14.4. The van der Waals surface area contributed by atoms with Gasteiger partial charge in [-0.25, -0.2) is 0 Å². The molecule has 38 heavy (non-hydrogen) atoms. The number of carbonyl (C=O) groups excluding carboxylic acids is 3. The maximum atomic E-state index is 13.8. The molecule has 0 aromatic heterocycles. The van der Waals surface area contributed by atoms with E-state index in [9.17, 15) is 14.4 Å². The Balaban J connectivity index is 1.12. The summed E-state index contributed by atoms with van der Waals surface area (Å²) in [5.41, 5.74) is 1.68. The molecule has 0 bridgehead atoms. The number of nitrogens with one attached hydrogen (secondary N) is 1. The summed E-state index contributed by atoms with van der Waals surface area (Å²) in [6.45, 7) is 4.49. The Morgan fingerprint density at radius 3 is 2.34 bits per heavy atom. The number of amides is 2. The average Bonchev–Trinajstić information content (AvgIpc) is 3.65. The summed E-state index contributed by atoms with van der Waals surface area (Å²) >= 11 is 0. The summed E-state index contributed by atoms with van der Waals surface area (Å²) in [6.07, 6.45) is 7.14. The Morgan fingerprint density at radius 1 is 1.00 bits per heavy atom. The van der Waals surface area contributed by atoms with Crippen molar-refractivity contribution in [2.24, 2.45) is 5.92 Å². The van der Waals surface area contributed by atoms with E-state index >= 15 is 0 Å². The van der Waals surface area contributed by atoms with E-state index in [4.69, 9.17) is 9.47 Å². The van der Waals surface area contributed by atoms with E-state index in [2.05, 4.69) is 15.1 Å². The zero-order chi connectivity index (χ0) is 26.2. The quantitative estimate of drug-likeness (QED) is 0.582. The van der Waals surface area contributed by atoms with Crippen LogP contribution in [0.1, 0.15) is 55.3 Å². The van der Waals surface area contributed by atoms with Gasteiger partial charge in [-0.15, -0.1) is 0 Å². The zero-order valence-electron chi connectivity index (χ0n) is 22.3. The van der Waals surface area contributed by atoms with E-state index in [-0.39, 0.29) is 36.2 Å². The Hall–Kier alpha value is -2.49. The van der Waals surface area contributed by atoms with Crippen LogP contribution >= 0.6 is 0 Å². The average molecular weight is 525 g/mol. The molecule has 9 heteroatoms. The van der Waals surface area contributed by atoms with Crippen molar-refractivity contribution in [2.75, 3.05) is 51.3 Å². The van der Waals surface area contributed by atoms with Gasteiger partial charge in [-0.1, -0.05) is 19.3 Å². The molecule has 3 heterocycles. The molecule has 0 radical (unpaired) electrons. The molecule has 1 aromatic carbocycles. The second kappa shape index (κ2) is 10.9. The predicted octanol–water partition coefficient (Wildman–Crippen LogP) is 1.84. The molecule has 1 aromatic rings. The largest absolute Gasteiger partial charge is 0.377 e. The summed E-state index contributed by atoms with van der Waals surface area (Å²) < 4.78 is 11.2. The fraction of sp³-hybridized carbons (Fsp3) is 0.690. The van der Waals surface area contributed by atoms with Crippen molar-refractivity contribution < 1.29 is 23.9 Å². The molecular weight excluding hydrogens is 484 g/mol. The molecule has 2 aliphatic carbocycles. The Morgan fingerprint density at radius 2 is 1.71 bits per heavy atom. The van der Waals surface area contributed by atoms with Crippen molar-refractivity contribution >= 4 is 23.3 Å². The highest BCUT2D eigenvalue weighted by atomic mass is 16.5. The first-order valence-electron chi connectivity index (χ1n) is 14.4. The molecule has 1 N–H and O–H groups in total. The minimum absolute atomic E-state index is 0.00140. The van der Waals surface area contributed by atoms with Gasteiger partial charge in [0.2, 0.25) is 5.91 Å². The number of benzene rings is 1. The number of piperazine rings is 1. The number of rotatable bonds is 7. The number of nitrogens with zero attached hydrogens (tertiary/aromatic N) is 3. The molecule has 9 nitrogen and oxygen atoms in total. The highest BCUT2D eigenvalue weighted by Crippen LogP contribution is 2.34. The number of ketones is 1. The van der Waals surface area contributed by atoms with E-state index < -0.39 is 18.2 Å². The van der Waals surface area contributed by atoms with Gasteiger partial charge in [-0.05, 0) is 55.9 Å². The second-order valence-corrected chi connectivity index (χ2v) is 11.6. The topological polar surface area (TPSA) is 91.4 Å². The van der Waals surface area contributed by atoms with Crippen LogP contribution in [0.4, 0.5) is 5.69 Å². The van der Waals surface area contributed by atoms with Crippen LogP contribution < -0.4 is 10.2 Å².